The molecule has 7 heteroatoms. The summed E-state index contributed by atoms with van der Waals surface area (Å²) in [6.07, 6.45) is 4.07. The molecule has 1 amide bonds. The van der Waals surface area contributed by atoms with Gasteiger partial charge in [0, 0.05) is 44.2 Å². The number of amides is 1. The molecule has 0 saturated carbocycles. The fourth-order valence-electron chi connectivity index (χ4n) is 3.11. The lowest BCUT2D eigenvalue weighted by molar-refractivity contribution is 0.0978. The maximum absolute atomic E-state index is 13.8. The molecule has 6 nitrogen and oxygen atoms in total. The van der Waals surface area contributed by atoms with Crippen LogP contribution >= 0.6 is 0 Å². The highest BCUT2D eigenvalue weighted by molar-refractivity contribution is 6.07. The molecule has 3 heterocycles. The van der Waals surface area contributed by atoms with Crippen molar-refractivity contribution >= 4 is 17.3 Å². The third-order valence-electron chi connectivity index (χ3n) is 4.44. The Kier molecular flexibility index (Phi) is 4.12. The summed E-state index contributed by atoms with van der Waals surface area (Å²) in [5.74, 6) is -0.230. The first kappa shape index (κ1) is 16.3. The van der Waals surface area contributed by atoms with Gasteiger partial charge in [-0.1, -0.05) is 5.16 Å². The van der Waals surface area contributed by atoms with Gasteiger partial charge >= 0.3 is 0 Å². The van der Waals surface area contributed by atoms with Crippen LogP contribution in [-0.2, 0) is 0 Å². The number of carbonyl (C=O) groups excluding carboxylic acids is 1. The summed E-state index contributed by atoms with van der Waals surface area (Å²) in [5.41, 5.74) is 2.28. The van der Waals surface area contributed by atoms with E-state index in [1.165, 1.54) is 12.1 Å². The Morgan fingerprint density at radius 3 is 2.88 bits per heavy atom. The van der Waals surface area contributed by atoms with Gasteiger partial charge in [-0.15, -0.1) is 0 Å². The molecule has 0 atom stereocenters. The molecule has 0 fully saturated rings. The lowest BCUT2D eigenvalue weighted by Gasteiger charge is -2.23. The van der Waals surface area contributed by atoms with Crippen molar-refractivity contribution in [3.05, 3.63) is 60.3 Å². The van der Waals surface area contributed by atoms with Crippen LogP contribution in [0.5, 0.6) is 0 Å². The number of anilines is 2. The Morgan fingerprint density at radius 2 is 2.08 bits per heavy atom. The van der Waals surface area contributed by atoms with E-state index in [1.54, 1.807) is 35.5 Å². The Labute approximate surface area is 149 Å². The lowest BCUT2D eigenvalue weighted by atomic mass is 10.2. The van der Waals surface area contributed by atoms with E-state index >= 15 is 0 Å². The van der Waals surface area contributed by atoms with E-state index in [0.29, 0.717) is 18.0 Å². The monoisotopic (exact) mass is 352 g/mol. The van der Waals surface area contributed by atoms with Crippen molar-refractivity contribution in [3.63, 3.8) is 0 Å². The molecule has 1 aromatic carbocycles. The molecule has 26 heavy (non-hydrogen) atoms. The number of hydrogen-bond acceptors (Lipinski definition) is 5. The van der Waals surface area contributed by atoms with Gasteiger partial charge in [0.15, 0.2) is 11.5 Å². The van der Waals surface area contributed by atoms with E-state index in [2.05, 4.69) is 10.1 Å². The number of pyridine rings is 1. The Bertz CT molecular complexity index is 942. The van der Waals surface area contributed by atoms with Crippen LogP contribution in [0.4, 0.5) is 15.8 Å². The Morgan fingerprint density at radius 1 is 1.19 bits per heavy atom. The molecule has 4 rings (SSSR count). The molecule has 132 valence electrons. The molecule has 3 aromatic rings. The van der Waals surface area contributed by atoms with E-state index in [9.17, 15) is 9.18 Å². The highest BCUT2D eigenvalue weighted by Crippen LogP contribution is 2.33. The third-order valence-corrected chi connectivity index (χ3v) is 4.44. The smallest absolute Gasteiger partial charge is 0.280 e. The van der Waals surface area contributed by atoms with Crippen molar-refractivity contribution in [1.29, 1.82) is 0 Å². The second kappa shape index (κ2) is 6.59. The summed E-state index contributed by atoms with van der Waals surface area (Å²) in [5, 5.41) is 3.91. The number of nitrogens with zero attached hydrogens (tertiary/aromatic N) is 4. The first-order valence-electron chi connectivity index (χ1n) is 8.33. The Hall–Kier alpha value is -3.22. The second-order valence-corrected chi connectivity index (χ2v) is 6.18. The van der Waals surface area contributed by atoms with Crippen molar-refractivity contribution in [2.75, 3.05) is 29.9 Å². The average molecular weight is 352 g/mol. The van der Waals surface area contributed by atoms with Crippen molar-refractivity contribution in [3.8, 4) is 11.3 Å². The molecular formula is C19H17FN4O2. The highest BCUT2D eigenvalue weighted by Gasteiger charge is 2.27. The van der Waals surface area contributed by atoms with E-state index < -0.39 is 0 Å². The van der Waals surface area contributed by atoms with Gasteiger partial charge in [0.2, 0.25) is 0 Å². The van der Waals surface area contributed by atoms with E-state index in [1.807, 2.05) is 18.0 Å². The fraction of sp³-hybridized carbons (Fsp3) is 0.211. The Balaban J connectivity index is 1.69. The molecule has 0 spiro atoms. The SMILES string of the molecule is CN1CCCN(C(=O)c2cc(-c3cccnc3)on2)c2cc(F)ccc21. The molecule has 0 aliphatic carbocycles. The quantitative estimate of drug-likeness (QED) is 0.708. The van der Waals surface area contributed by atoms with Gasteiger partial charge in [-0.25, -0.2) is 4.39 Å². The predicted octanol–water partition coefficient (Wildman–Crippen LogP) is 3.36. The van der Waals surface area contributed by atoms with Crippen LogP contribution in [0.15, 0.2) is 53.3 Å². The van der Waals surface area contributed by atoms with Gasteiger partial charge < -0.3 is 14.3 Å². The summed E-state index contributed by atoms with van der Waals surface area (Å²) >= 11 is 0. The standard InChI is InChI=1S/C19H17FN4O2/c1-23-8-3-9-24(17-10-14(20)5-6-16(17)23)19(25)15-11-18(26-22-15)13-4-2-7-21-12-13/h2,4-7,10-12H,3,8-9H2,1H3. The second-order valence-electron chi connectivity index (χ2n) is 6.18. The van der Waals surface area contributed by atoms with Gasteiger partial charge in [0.25, 0.3) is 5.91 Å². The minimum Gasteiger partial charge on any atom is -0.373 e. The van der Waals surface area contributed by atoms with Crippen molar-refractivity contribution in [2.24, 2.45) is 0 Å². The third kappa shape index (κ3) is 2.92. The number of carbonyl (C=O) groups is 1. The first-order chi connectivity index (χ1) is 12.6. The summed E-state index contributed by atoms with van der Waals surface area (Å²) in [6, 6.07) is 9.68. The van der Waals surface area contributed by atoms with E-state index in [-0.39, 0.29) is 17.4 Å². The molecular weight excluding hydrogens is 335 g/mol. The molecule has 1 aliphatic heterocycles. The molecule has 0 radical (unpaired) electrons. The zero-order valence-corrected chi connectivity index (χ0v) is 14.2. The van der Waals surface area contributed by atoms with Gasteiger partial charge in [0.05, 0.1) is 11.4 Å². The molecule has 0 saturated heterocycles. The first-order valence-corrected chi connectivity index (χ1v) is 8.33. The van der Waals surface area contributed by atoms with Gasteiger partial charge in [-0.2, -0.15) is 0 Å². The van der Waals surface area contributed by atoms with Crippen molar-refractivity contribution < 1.29 is 13.7 Å². The zero-order valence-electron chi connectivity index (χ0n) is 14.2. The maximum Gasteiger partial charge on any atom is 0.280 e. The summed E-state index contributed by atoms with van der Waals surface area (Å²) in [7, 11) is 1.93. The number of rotatable bonds is 2. The average Bonchev–Trinajstić information content (AvgIpc) is 3.09. The lowest BCUT2D eigenvalue weighted by Crippen LogP contribution is -2.31. The number of aromatic nitrogens is 2. The molecule has 0 bridgehead atoms. The largest absolute Gasteiger partial charge is 0.373 e. The van der Waals surface area contributed by atoms with Crippen LogP contribution in [0.25, 0.3) is 11.3 Å². The van der Waals surface area contributed by atoms with Gasteiger partial charge in [-0.3, -0.25) is 9.78 Å². The van der Waals surface area contributed by atoms with E-state index in [4.69, 9.17) is 4.52 Å². The summed E-state index contributed by atoms with van der Waals surface area (Å²) in [6.45, 7) is 1.26. The minimum absolute atomic E-state index is 0.184. The number of halogens is 1. The number of fused-ring (bicyclic) bond motifs is 1. The minimum atomic E-state index is -0.381. The van der Waals surface area contributed by atoms with Gasteiger partial charge in [-0.05, 0) is 36.8 Å². The van der Waals surface area contributed by atoms with Crippen molar-refractivity contribution in [1.82, 2.24) is 10.1 Å². The molecule has 0 N–H and O–H groups in total. The molecule has 0 unspecified atom stereocenters. The zero-order chi connectivity index (χ0) is 18.1. The maximum atomic E-state index is 13.8. The van der Waals surface area contributed by atoms with Gasteiger partial charge in [0.1, 0.15) is 5.82 Å². The number of benzene rings is 1. The van der Waals surface area contributed by atoms with Crippen molar-refractivity contribution in [2.45, 2.75) is 6.42 Å². The summed E-state index contributed by atoms with van der Waals surface area (Å²) < 4.78 is 19.1. The van der Waals surface area contributed by atoms with Crippen LogP contribution in [0.2, 0.25) is 0 Å². The molecule has 2 aromatic heterocycles. The van der Waals surface area contributed by atoms with Crippen LogP contribution in [0.1, 0.15) is 16.9 Å². The van der Waals surface area contributed by atoms with Crippen LogP contribution in [-0.4, -0.2) is 36.2 Å². The van der Waals surface area contributed by atoms with Crippen LogP contribution < -0.4 is 9.80 Å². The van der Waals surface area contributed by atoms with E-state index in [0.717, 1.165) is 24.2 Å². The highest BCUT2D eigenvalue weighted by atomic mass is 19.1. The fourth-order valence-corrected chi connectivity index (χ4v) is 3.11. The van der Waals surface area contributed by atoms with Crippen LogP contribution in [0, 0.1) is 5.82 Å². The molecule has 1 aliphatic rings. The summed E-state index contributed by atoms with van der Waals surface area (Å²) in [4.78, 5) is 20.6. The van der Waals surface area contributed by atoms with Crippen LogP contribution in [0.3, 0.4) is 0 Å². The normalized spacial score (nSPS) is 14.1. The predicted molar refractivity (Wildman–Crippen MR) is 95.7 cm³/mol. The number of hydrogen-bond donors (Lipinski definition) is 0. The topological polar surface area (TPSA) is 62.5 Å².